The van der Waals surface area contributed by atoms with Gasteiger partial charge in [-0.1, -0.05) is 42.5 Å². The van der Waals surface area contributed by atoms with E-state index < -0.39 is 0 Å². The highest BCUT2D eigenvalue weighted by molar-refractivity contribution is 5.76. The topological polar surface area (TPSA) is 44.8 Å². The van der Waals surface area contributed by atoms with Gasteiger partial charge in [-0.2, -0.15) is 0 Å². The molecule has 31 heavy (non-hydrogen) atoms. The fourth-order valence-corrected chi connectivity index (χ4v) is 3.91. The van der Waals surface area contributed by atoms with Crippen LogP contribution in [0.4, 0.5) is 0 Å². The number of amides is 1. The minimum absolute atomic E-state index is 0.0308. The summed E-state index contributed by atoms with van der Waals surface area (Å²) in [5.41, 5.74) is 3.53. The molecule has 0 radical (unpaired) electrons. The monoisotopic (exact) mass is 423 g/mol. The summed E-state index contributed by atoms with van der Waals surface area (Å²) in [5, 5.41) is 3.28. The number of rotatable bonds is 10. The van der Waals surface area contributed by atoms with Crippen LogP contribution in [-0.4, -0.2) is 62.1 Å². The summed E-state index contributed by atoms with van der Waals surface area (Å²) in [6.45, 7) is 9.89. The number of benzene rings is 2. The highest BCUT2D eigenvalue weighted by Gasteiger charge is 2.21. The minimum atomic E-state index is 0.0308. The third-order valence-corrected chi connectivity index (χ3v) is 5.97. The first-order valence-corrected chi connectivity index (χ1v) is 11.5. The minimum Gasteiger partial charge on any atom is -0.493 e. The SMILES string of the molecule is Cc1ccc(C)c(OCCCCC(=O)NC(CN2CCN(C)CC2)c2ccccc2)c1. The van der Waals surface area contributed by atoms with E-state index in [4.69, 9.17) is 4.74 Å². The van der Waals surface area contributed by atoms with E-state index in [1.54, 1.807) is 0 Å². The lowest BCUT2D eigenvalue weighted by Crippen LogP contribution is -2.47. The average Bonchev–Trinajstić information content (AvgIpc) is 2.77. The number of hydrogen-bond donors (Lipinski definition) is 1. The summed E-state index contributed by atoms with van der Waals surface area (Å²) in [6, 6.07) is 16.6. The Morgan fingerprint density at radius 3 is 2.52 bits per heavy atom. The number of carbonyl (C=O) groups excluding carboxylic acids is 1. The third kappa shape index (κ3) is 7.67. The molecule has 0 spiro atoms. The van der Waals surface area contributed by atoms with Crippen molar-refractivity contribution in [1.82, 2.24) is 15.1 Å². The van der Waals surface area contributed by atoms with Crippen LogP contribution in [-0.2, 0) is 4.79 Å². The van der Waals surface area contributed by atoms with E-state index >= 15 is 0 Å². The Kier molecular flexibility index (Phi) is 8.92. The molecule has 3 rings (SSSR count). The molecular formula is C26H37N3O2. The lowest BCUT2D eigenvalue weighted by atomic mass is 10.1. The van der Waals surface area contributed by atoms with Crippen LogP contribution in [0, 0.1) is 13.8 Å². The van der Waals surface area contributed by atoms with Gasteiger partial charge < -0.3 is 15.0 Å². The van der Waals surface area contributed by atoms with Crippen LogP contribution in [0.3, 0.4) is 0 Å². The summed E-state index contributed by atoms with van der Waals surface area (Å²) in [7, 11) is 2.16. The molecule has 0 aromatic heterocycles. The van der Waals surface area contributed by atoms with E-state index in [-0.39, 0.29) is 11.9 Å². The molecule has 1 aliphatic heterocycles. The molecule has 0 saturated carbocycles. The van der Waals surface area contributed by atoms with Crippen LogP contribution < -0.4 is 10.1 Å². The molecule has 5 heteroatoms. The number of nitrogens with zero attached hydrogens (tertiary/aromatic N) is 2. The normalized spacial score (nSPS) is 16.1. The van der Waals surface area contributed by atoms with Gasteiger partial charge in [-0.15, -0.1) is 0 Å². The number of hydrogen-bond acceptors (Lipinski definition) is 4. The second-order valence-electron chi connectivity index (χ2n) is 8.71. The first-order valence-electron chi connectivity index (χ1n) is 11.5. The summed E-state index contributed by atoms with van der Waals surface area (Å²) in [5.74, 6) is 1.07. The van der Waals surface area contributed by atoms with Crippen LogP contribution in [0.2, 0.25) is 0 Å². The molecule has 2 aromatic carbocycles. The molecular weight excluding hydrogens is 386 g/mol. The van der Waals surface area contributed by atoms with Gasteiger partial charge in [-0.3, -0.25) is 9.69 Å². The number of piperazine rings is 1. The van der Waals surface area contributed by atoms with Crippen molar-refractivity contribution in [3.8, 4) is 5.75 Å². The molecule has 0 bridgehead atoms. The molecule has 1 N–H and O–H groups in total. The number of likely N-dealkylation sites (N-methyl/N-ethyl adjacent to an activating group) is 1. The van der Waals surface area contributed by atoms with Crippen LogP contribution in [0.1, 0.15) is 42.0 Å². The zero-order valence-corrected chi connectivity index (χ0v) is 19.3. The molecule has 0 aliphatic carbocycles. The van der Waals surface area contributed by atoms with Crippen molar-refractivity contribution in [2.45, 2.75) is 39.2 Å². The molecule has 2 aromatic rings. The van der Waals surface area contributed by atoms with Crippen molar-refractivity contribution >= 4 is 5.91 Å². The number of carbonyl (C=O) groups is 1. The van der Waals surface area contributed by atoms with Crippen molar-refractivity contribution < 1.29 is 9.53 Å². The smallest absolute Gasteiger partial charge is 0.220 e. The zero-order valence-electron chi connectivity index (χ0n) is 19.3. The lowest BCUT2D eigenvalue weighted by molar-refractivity contribution is -0.122. The second-order valence-corrected chi connectivity index (χ2v) is 8.71. The first kappa shape index (κ1) is 23.3. The zero-order chi connectivity index (χ0) is 22.1. The van der Waals surface area contributed by atoms with Gasteiger partial charge >= 0.3 is 0 Å². The molecule has 1 fully saturated rings. The quantitative estimate of drug-likeness (QED) is 0.588. The van der Waals surface area contributed by atoms with Crippen LogP contribution in [0.15, 0.2) is 48.5 Å². The number of nitrogens with one attached hydrogen (secondary N) is 1. The summed E-state index contributed by atoms with van der Waals surface area (Å²) in [4.78, 5) is 17.5. The molecule has 1 atom stereocenters. The molecule has 1 saturated heterocycles. The average molecular weight is 424 g/mol. The van der Waals surface area contributed by atoms with Crippen molar-refractivity contribution in [2.24, 2.45) is 0 Å². The van der Waals surface area contributed by atoms with Crippen molar-refractivity contribution in [3.05, 3.63) is 65.2 Å². The fourth-order valence-electron chi connectivity index (χ4n) is 3.91. The van der Waals surface area contributed by atoms with E-state index in [1.165, 1.54) is 11.1 Å². The molecule has 168 valence electrons. The van der Waals surface area contributed by atoms with E-state index in [0.29, 0.717) is 13.0 Å². The highest BCUT2D eigenvalue weighted by atomic mass is 16.5. The Balaban J connectivity index is 1.44. The van der Waals surface area contributed by atoms with Crippen molar-refractivity contribution in [2.75, 3.05) is 46.4 Å². The largest absolute Gasteiger partial charge is 0.493 e. The van der Waals surface area contributed by atoms with Gasteiger partial charge in [0.2, 0.25) is 5.91 Å². The summed E-state index contributed by atoms with van der Waals surface area (Å²) < 4.78 is 5.92. The lowest BCUT2D eigenvalue weighted by Gasteiger charge is -2.35. The van der Waals surface area contributed by atoms with Crippen LogP contribution in [0.25, 0.3) is 0 Å². The van der Waals surface area contributed by atoms with Crippen molar-refractivity contribution in [1.29, 1.82) is 0 Å². The number of ether oxygens (including phenoxy) is 1. The van der Waals surface area contributed by atoms with Crippen LogP contribution >= 0.6 is 0 Å². The van der Waals surface area contributed by atoms with Gasteiger partial charge in [0.05, 0.1) is 12.6 Å². The van der Waals surface area contributed by atoms with Crippen LogP contribution in [0.5, 0.6) is 5.75 Å². The standard InChI is InChI=1S/C26H37N3O2/c1-21-12-13-22(2)25(19-21)31-18-8-7-11-26(30)27-24(23-9-5-4-6-10-23)20-29-16-14-28(3)15-17-29/h4-6,9-10,12-13,19,24H,7-8,11,14-18,20H2,1-3H3,(H,27,30). The Hall–Kier alpha value is -2.37. The molecule has 1 heterocycles. The maximum Gasteiger partial charge on any atom is 0.220 e. The van der Waals surface area contributed by atoms with Gasteiger partial charge in [0, 0.05) is 39.1 Å². The number of aryl methyl sites for hydroxylation is 2. The Bertz CT molecular complexity index is 817. The molecule has 5 nitrogen and oxygen atoms in total. The molecule has 1 unspecified atom stereocenters. The van der Waals surface area contributed by atoms with E-state index in [0.717, 1.165) is 56.9 Å². The van der Waals surface area contributed by atoms with Gasteiger partial charge in [0.1, 0.15) is 5.75 Å². The summed E-state index contributed by atoms with van der Waals surface area (Å²) in [6.07, 6.45) is 2.23. The Morgan fingerprint density at radius 2 is 1.77 bits per heavy atom. The van der Waals surface area contributed by atoms with E-state index in [9.17, 15) is 4.79 Å². The van der Waals surface area contributed by atoms with Crippen molar-refractivity contribution in [3.63, 3.8) is 0 Å². The maximum atomic E-state index is 12.7. The maximum absolute atomic E-state index is 12.7. The predicted octanol–water partition coefficient (Wildman–Crippen LogP) is 3.96. The van der Waals surface area contributed by atoms with E-state index in [2.05, 4.69) is 66.3 Å². The highest BCUT2D eigenvalue weighted by Crippen LogP contribution is 2.20. The van der Waals surface area contributed by atoms with E-state index in [1.807, 2.05) is 18.2 Å². The van der Waals surface area contributed by atoms with Gasteiger partial charge in [-0.05, 0) is 56.5 Å². The number of unbranched alkanes of at least 4 members (excludes halogenated alkanes) is 1. The second kappa shape index (κ2) is 11.9. The Labute approximate surface area is 187 Å². The first-order chi connectivity index (χ1) is 15.0. The van der Waals surface area contributed by atoms with Gasteiger partial charge in [0.15, 0.2) is 0 Å². The predicted molar refractivity (Wildman–Crippen MR) is 127 cm³/mol. The molecule has 1 aliphatic rings. The van der Waals surface area contributed by atoms with Gasteiger partial charge in [0.25, 0.3) is 0 Å². The molecule has 1 amide bonds. The fraction of sp³-hybridized carbons (Fsp3) is 0.500. The van der Waals surface area contributed by atoms with Gasteiger partial charge in [-0.25, -0.2) is 0 Å². The summed E-state index contributed by atoms with van der Waals surface area (Å²) >= 11 is 0. The Morgan fingerprint density at radius 1 is 1.03 bits per heavy atom. The third-order valence-electron chi connectivity index (χ3n) is 5.97.